The summed E-state index contributed by atoms with van der Waals surface area (Å²) in [4.78, 5) is 0. The Bertz CT molecular complexity index is 87.7. The van der Waals surface area contributed by atoms with Crippen molar-refractivity contribution in [1.82, 2.24) is 5.32 Å². The molecule has 0 saturated carbocycles. The summed E-state index contributed by atoms with van der Waals surface area (Å²) >= 11 is 5.11. The Labute approximate surface area is 47.7 Å². The summed E-state index contributed by atoms with van der Waals surface area (Å²) in [6.07, 6.45) is 3.05. The third-order valence-corrected chi connectivity index (χ3v) is 0.522. The standard InChI is InChI=1S/C4H7ClN2/c1-7-3-2-4(5)6/h2-3,6-7H,1H3/b3-2+,6-4?. The minimum Gasteiger partial charge on any atom is -0.394 e. The average molecular weight is 119 g/mol. The van der Waals surface area contributed by atoms with Crippen LogP contribution in [0.2, 0.25) is 0 Å². The van der Waals surface area contributed by atoms with Crippen LogP contribution in [-0.4, -0.2) is 12.2 Å². The van der Waals surface area contributed by atoms with E-state index in [4.69, 9.17) is 17.0 Å². The van der Waals surface area contributed by atoms with Gasteiger partial charge in [0.25, 0.3) is 0 Å². The molecular weight excluding hydrogens is 112 g/mol. The Kier molecular flexibility index (Phi) is 3.42. The van der Waals surface area contributed by atoms with Crippen LogP contribution in [0.4, 0.5) is 0 Å². The Morgan fingerprint density at radius 3 is 2.57 bits per heavy atom. The van der Waals surface area contributed by atoms with Crippen molar-refractivity contribution in [2.24, 2.45) is 0 Å². The highest BCUT2D eigenvalue weighted by atomic mass is 35.5. The summed E-state index contributed by atoms with van der Waals surface area (Å²) < 4.78 is 0. The van der Waals surface area contributed by atoms with Crippen LogP contribution in [0.3, 0.4) is 0 Å². The van der Waals surface area contributed by atoms with Crippen LogP contribution in [0.1, 0.15) is 0 Å². The van der Waals surface area contributed by atoms with Crippen molar-refractivity contribution in [3.63, 3.8) is 0 Å². The summed E-state index contributed by atoms with van der Waals surface area (Å²) in [5, 5.41) is 9.37. The van der Waals surface area contributed by atoms with E-state index < -0.39 is 0 Å². The largest absolute Gasteiger partial charge is 0.394 e. The van der Waals surface area contributed by atoms with Crippen LogP contribution in [0, 0.1) is 5.41 Å². The molecule has 0 unspecified atom stereocenters. The Hall–Kier alpha value is -0.500. The van der Waals surface area contributed by atoms with Gasteiger partial charge in [0.05, 0.1) is 0 Å². The van der Waals surface area contributed by atoms with E-state index in [1.165, 1.54) is 6.08 Å². The van der Waals surface area contributed by atoms with Gasteiger partial charge in [-0.2, -0.15) is 0 Å². The fraction of sp³-hybridized carbons (Fsp3) is 0.250. The maximum absolute atomic E-state index is 6.64. The normalized spacial score (nSPS) is 9.43. The second-order valence-electron chi connectivity index (χ2n) is 0.970. The minimum atomic E-state index is 0.0364. The van der Waals surface area contributed by atoms with Gasteiger partial charge in [0.1, 0.15) is 5.17 Å². The van der Waals surface area contributed by atoms with Crippen molar-refractivity contribution in [2.75, 3.05) is 7.05 Å². The first-order valence-electron chi connectivity index (χ1n) is 1.85. The molecule has 0 aliphatic carbocycles. The molecule has 0 amide bonds. The van der Waals surface area contributed by atoms with Gasteiger partial charge in [-0.3, -0.25) is 5.41 Å². The molecule has 0 heterocycles. The zero-order chi connectivity index (χ0) is 5.70. The molecule has 0 aromatic heterocycles. The van der Waals surface area contributed by atoms with Gasteiger partial charge in [0.2, 0.25) is 0 Å². The second-order valence-corrected chi connectivity index (χ2v) is 1.38. The first kappa shape index (κ1) is 6.50. The molecule has 0 aromatic rings. The smallest absolute Gasteiger partial charge is 0.122 e. The molecular formula is C4H7ClN2. The number of allylic oxidation sites excluding steroid dienone is 1. The topological polar surface area (TPSA) is 35.9 Å². The number of hydrogen-bond donors (Lipinski definition) is 2. The molecule has 2 N–H and O–H groups in total. The molecule has 0 rings (SSSR count). The number of rotatable bonds is 2. The van der Waals surface area contributed by atoms with Gasteiger partial charge < -0.3 is 5.32 Å². The van der Waals surface area contributed by atoms with Crippen molar-refractivity contribution in [3.05, 3.63) is 12.3 Å². The third-order valence-electron chi connectivity index (χ3n) is 0.396. The van der Waals surface area contributed by atoms with Crippen LogP contribution in [0.15, 0.2) is 12.3 Å². The lowest BCUT2D eigenvalue weighted by molar-refractivity contribution is 1.11. The minimum absolute atomic E-state index is 0.0364. The van der Waals surface area contributed by atoms with Crippen LogP contribution < -0.4 is 5.32 Å². The molecule has 2 nitrogen and oxygen atoms in total. The van der Waals surface area contributed by atoms with Crippen molar-refractivity contribution in [1.29, 1.82) is 5.41 Å². The molecule has 3 heteroatoms. The molecule has 0 bridgehead atoms. The molecule has 0 aliphatic heterocycles. The second kappa shape index (κ2) is 3.68. The van der Waals surface area contributed by atoms with Gasteiger partial charge in [0.15, 0.2) is 0 Å². The van der Waals surface area contributed by atoms with Crippen molar-refractivity contribution < 1.29 is 0 Å². The van der Waals surface area contributed by atoms with E-state index in [9.17, 15) is 0 Å². The monoisotopic (exact) mass is 118 g/mol. The summed E-state index contributed by atoms with van der Waals surface area (Å²) in [5.41, 5.74) is 0. The summed E-state index contributed by atoms with van der Waals surface area (Å²) in [6.45, 7) is 0. The van der Waals surface area contributed by atoms with E-state index in [0.717, 1.165) is 0 Å². The number of hydrogen-bond acceptors (Lipinski definition) is 2. The van der Waals surface area contributed by atoms with Crippen molar-refractivity contribution in [2.45, 2.75) is 0 Å². The summed E-state index contributed by atoms with van der Waals surface area (Å²) in [5.74, 6) is 0. The molecule has 0 atom stereocenters. The molecule has 40 valence electrons. The van der Waals surface area contributed by atoms with Gasteiger partial charge in [-0.05, 0) is 12.3 Å². The van der Waals surface area contributed by atoms with Gasteiger partial charge in [0, 0.05) is 7.05 Å². The lowest BCUT2D eigenvalue weighted by Crippen LogP contribution is -1.92. The number of nitrogens with one attached hydrogen (secondary N) is 2. The number of halogens is 1. The fourth-order valence-electron chi connectivity index (χ4n) is 0.156. The Morgan fingerprint density at radius 2 is 2.43 bits per heavy atom. The molecule has 0 fully saturated rings. The Morgan fingerprint density at radius 1 is 1.86 bits per heavy atom. The highest BCUT2D eigenvalue weighted by Gasteiger charge is 1.72. The van der Waals surface area contributed by atoms with Crippen LogP contribution >= 0.6 is 11.6 Å². The first-order chi connectivity index (χ1) is 3.27. The van der Waals surface area contributed by atoms with E-state index in [1.807, 2.05) is 0 Å². The molecule has 0 spiro atoms. The van der Waals surface area contributed by atoms with Gasteiger partial charge in [-0.15, -0.1) is 0 Å². The quantitative estimate of drug-likeness (QED) is 0.520. The van der Waals surface area contributed by atoms with E-state index in [-0.39, 0.29) is 5.17 Å². The van der Waals surface area contributed by atoms with E-state index in [0.29, 0.717) is 0 Å². The van der Waals surface area contributed by atoms with Crippen LogP contribution in [0.5, 0.6) is 0 Å². The lowest BCUT2D eigenvalue weighted by atomic mass is 10.6. The van der Waals surface area contributed by atoms with Crippen LogP contribution in [-0.2, 0) is 0 Å². The third kappa shape index (κ3) is 5.50. The van der Waals surface area contributed by atoms with E-state index in [1.54, 1.807) is 13.2 Å². The molecule has 0 aromatic carbocycles. The molecule has 0 saturated heterocycles. The average Bonchev–Trinajstić information content (AvgIpc) is 1.61. The van der Waals surface area contributed by atoms with Crippen molar-refractivity contribution in [3.8, 4) is 0 Å². The van der Waals surface area contributed by atoms with Gasteiger partial charge in [-0.25, -0.2) is 0 Å². The lowest BCUT2D eigenvalue weighted by Gasteiger charge is -1.80. The van der Waals surface area contributed by atoms with Gasteiger partial charge in [-0.1, -0.05) is 11.6 Å². The predicted octanol–water partition coefficient (Wildman–Crippen LogP) is 0.936. The SMILES string of the molecule is CN/C=C/C(=N)Cl. The molecule has 0 radical (unpaired) electrons. The maximum atomic E-state index is 6.64. The van der Waals surface area contributed by atoms with Gasteiger partial charge >= 0.3 is 0 Å². The van der Waals surface area contributed by atoms with E-state index in [2.05, 4.69) is 5.32 Å². The maximum Gasteiger partial charge on any atom is 0.122 e. The zero-order valence-electron chi connectivity index (χ0n) is 4.03. The highest BCUT2D eigenvalue weighted by Crippen LogP contribution is 1.78. The Balaban J connectivity index is 3.26. The fourth-order valence-corrected chi connectivity index (χ4v) is 0.219. The summed E-state index contributed by atoms with van der Waals surface area (Å²) in [7, 11) is 1.75. The highest BCUT2D eigenvalue weighted by molar-refractivity contribution is 6.67. The predicted molar refractivity (Wildman–Crippen MR) is 31.8 cm³/mol. The first-order valence-corrected chi connectivity index (χ1v) is 2.23. The molecule has 0 aliphatic rings. The van der Waals surface area contributed by atoms with E-state index >= 15 is 0 Å². The van der Waals surface area contributed by atoms with Crippen molar-refractivity contribution >= 4 is 16.8 Å². The molecule has 7 heavy (non-hydrogen) atoms. The summed E-state index contributed by atoms with van der Waals surface area (Å²) in [6, 6.07) is 0. The van der Waals surface area contributed by atoms with Crippen LogP contribution in [0.25, 0.3) is 0 Å². The zero-order valence-corrected chi connectivity index (χ0v) is 4.79.